The largest absolute Gasteiger partial charge is 0.458 e. The van der Waals surface area contributed by atoms with Crippen molar-refractivity contribution >= 4 is 34.5 Å². The summed E-state index contributed by atoms with van der Waals surface area (Å²) in [6.07, 6.45) is -20.7. The molecule has 66 heavy (non-hydrogen) atoms. The quantitative estimate of drug-likeness (QED) is 0.115. The number of nitrogens with zero attached hydrogens (tertiary/aromatic N) is 2. The summed E-state index contributed by atoms with van der Waals surface area (Å²) in [6, 6.07) is 39.0. The number of fused-ring (bicyclic) bond motifs is 6. The Morgan fingerprint density at radius 2 is 0.727 bits per heavy atom. The smallest absolute Gasteiger partial charge is 0.378 e. The van der Waals surface area contributed by atoms with Gasteiger partial charge in [-0.3, -0.25) is 19.2 Å². The van der Waals surface area contributed by atoms with Gasteiger partial charge in [-0.15, -0.1) is 0 Å². The van der Waals surface area contributed by atoms with Crippen LogP contribution in [0.15, 0.2) is 97.1 Å². The monoisotopic (exact) mass is 938 g/mol. The third-order valence-electron chi connectivity index (χ3n) is 10.9. The number of carbonyl (C=O) groups is 4. The van der Waals surface area contributed by atoms with E-state index in [1.165, 1.54) is 46.5 Å². The number of nitrogens with one attached hydrogen (secondary N) is 4. The van der Waals surface area contributed by atoms with Crippen LogP contribution in [0, 0.1) is 34.5 Å². The first-order valence-corrected chi connectivity index (χ1v) is 19.5. The summed E-state index contributed by atoms with van der Waals surface area (Å²) in [6.45, 7) is 2.14. The highest BCUT2D eigenvalue weighted by atomic mass is 19.4. The lowest BCUT2D eigenvalue weighted by molar-refractivity contribution is -0.193. The Labute approximate surface area is 367 Å². The maximum absolute atomic E-state index is 11.2. The zero-order valence-corrected chi connectivity index (χ0v) is 33.6. The van der Waals surface area contributed by atoms with Gasteiger partial charge in [-0.25, -0.2) is 0 Å². The lowest BCUT2D eigenvalue weighted by Crippen LogP contribution is -2.39. The molecule has 2 fully saturated rings. The summed E-state index contributed by atoms with van der Waals surface area (Å²) in [5.74, 6) is -12.5. The van der Waals surface area contributed by atoms with Crippen LogP contribution in [0.3, 0.4) is 0 Å². The molecule has 10 nitrogen and oxygen atoms in total. The van der Waals surface area contributed by atoms with Gasteiger partial charge in [0.1, 0.15) is 0 Å². The number of ketones is 4. The van der Waals surface area contributed by atoms with Crippen molar-refractivity contribution in [1.29, 1.82) is 10.5 Å². The molecular weight excluding hydrogens is 904 g/mol. The van der Waals surface area contributed by atoms with E-state index in [0.29, 0.717) is 36.0 Å². The summed E-state index contributed by atoms with van der Waals surface area (Å²) in [7, 11) is 0. The Kier molecular flexibility index (Phi) is 15.3. The van der Waals surface area contributed by atoms with E-state index in [9.17, 15) is 71.9 Å². The fourth-order valence-corrected chi connectivity index (χ4v) is 7.90. The van der Waals surface area contributed by atoms with Gasteiger partial charge < -0.3 is 21.3 Å². The summed E-state index contributed by atoms with van der Waals surface area (Å²) >= 11 is 0. The van der Waals surface area contributed by atoms with Crippen molar-refractivity contribution in [3.05, 3.63) is 130 Å². The van der Waals surface area contributed by atoms with Gasteiger partial charge in [-0.2, -0.15) is 63.2 Å². The second-order valence-electron chi connectivity index (χ2n) is 15.0. The van der Waals surface area contributed by atoms with Gasteiger partial charge in [0.25, 0.3) is 0 Å². The van der Waals surface area contributed by atoms with Crippen LogP contribution in [-0.4, -0.2) is 60.9 Å². The fourth-order valence-electron chi connectivity index (χ4n) is 7.90. The molecule has 0 aliphatic carbocycles. The Bertz CT molecular complexity index is 2270. The number of benzene rings is 4. The highest BCUT2D eigenvalue weighted by molar-refractivity contribution is 6.41. The molecule has 0 aromatic heterocycles. The number of carbonyl (C=O) groups excluding carboxylic acids is 4. The molecule has 22 heteroatoms. The topological polar surface area (TPSA) is 164 Å². The zero-order valence-electron chi connectivity index (χ0n) is 33.6. The van der Waals surface area contributed by atoms with E-state index in [4.69, 9.17) is 10.5 Å². The number of alkyl halides is 12. The number of para-hydroxylation sites is 2. The molecule has 4 aromatic rings. The van der Waals surface area contributed by atoms with E-state index >= 15 is 0 Å². The molecule has 8 rings (SSSR count). The first-order chi connectivity index (χ1) is 30.9. The standard InChI is InChI=1S/2C18H17N3.2C4F6O2/c2*19-11-12-5-7-13(8-6-12)17-15-9-10-20-18(15)14-3-1-2-4-16(14)21-17;2*5-3(6,7)1(11)2(12)4(8,9)10/h2*1-8,15,17-18,20-21H,9-10H2;;/t2*15-,17+,18+;;/m10../s1. The summed E-state index contributed by atoms with van der Waals surface area (Å²) in [4.78, 5) is 38.5. The van der Waals surface area contributed by atoms with Crippen molar-refractivity contribution in [3.8, 4) is 12.1 Å². The predicted molar refractivity (Wildman–Crippen MR) is 210 cm³/mol. The van der Waals surface area contributed by atoms with Gasteiger partial charge >= 0.3 is 47.8 Å². The summed E-state index contributed by atoms with van der Waals surface area (Å²) in [5, 5.41) is 32.6. The summed E-state index contributed by atoms with van der Waals surface area (Å²) in [5.41, 5.74) is 9.18. The van der Waals surface area contributed by atoms with Crippen LogP contribution in [0.25, 0.3) is 0 Å². The minimum Gasteiger partial charge on any atom is -0.378 e. The molecule has 4 aromatic carbocycles. The number of halogens is 12. The molecule has 0 saturated carbocycles. The first-order valence-electron chi connectivity index (χ1n) is 19.5. The fraction of sp³-hybridized carbons (Fsp3) is 0.318. The lowest BCUT2D eigenvalue weighted by Gasteiger charge is -2.37. The Morgan fingerprint density at radius 3 is 1.00 bits per heavy atom. The maximum Gasteiger partial charge on any atom is 0.458 e. The second-order valence-corrected chi connectivity index (χ2v) is 15.0. The van der Waals surface area contributed by atoms with Crippen LogP contribution in [0.4, 0.5) is 64.1 Å². The number of rotatable bonds is 4. The third-order valence-corrected chi connectivity index (χ3v) is 10.9. The van der Waals surface area contributed by atoms with Gasteiger partial charge in [0.15, 0.2) is 0 Å². The Balaban J connectivity index is 0.000000172. The average Bonchev–Trinajstić information content (AvgIpc) is 3.99. The number of hydrogen-bond donors (Lipinski definition) is 4. The van der Waals surface area contributed by atoms with Crippen LogP contribution >= 0.6 is 0 Å². The third kappa shape index (κ3) is 11.9. The molecule has 0 unspecified atom stereocenters. The summed E-state index contributed by atoms with van der Waals surface area (Å²) < 4.78 is 134. The van der Waals surface area contributed by atoms with Crippen molar-refractivity contribution in [2.45, 2.75) is 61.7 Å². The second kappa shape index (κ2) is 20.2. The van der Waals surface area contributed by atoms with Crippen LogP contribution in [0.1, 0.15) is 70.4 Å². The number of anilines is 2. The Hall–Kier alpha value is -6.78. The lowest BCUT2D eigenvalue weighted by atomic mass is 9.80. The van der Waals surface area contributed by atoms with E-state index < -0.39 is 47.8 Å². The molecule has 4 heterocycles. The van der Waals surface area contributed by atoms with Crippen LogP contribution in [-0.2, 0) is 19.2 Å². The normalized spacial score (nSPS) is 21.4. The van der Waals surface area contributed by atoms with Crippen LogP contribution < -0.4 is 21.3 Å². The molecule has 348 valence electrons. The van der Waals surface area contributed by atoms with Gasteiger partial charge in [0.2, 0.25) is 0 Å². The SMILES string of the molecule is N#Cc1ccc([C@@H]2Nc3ccccc3[C@@H]3NCC[C@H]23)cc1.N#Cc1ccc([C@H]2Nc3ccccc3[C@H]3NCC[C@@H]23)cc1.O=C(C(=O)C(F)(F)F)C(F)(F)F.O=C(C(=O)C(F)(F)F)C(F)(F)F. The zero-order chi connectivity index (χ0) is 48.8. The van der Waals surface area contributed by atoms with Crippen molar-refractivity contribution in [2.75, 3.05) is 23.7 Å². The van der Waals surface area contributed by atoms with Gasteiger partial charge in [-0.05, 0) is 84.6 Å². The van der Waals surface area contributed by atoms with E-state index in [1.807, 2.05) is 24.3 Å². The van der Waals surface area contributed by atoms with Crippen LogP contribution in [0.5, 0.6) is 0 Å². The molecule has 4 aliphatic rings. The maximum atomic E-state index is 11.2. The molecule has 2 saturated heterocycles. The van der Waals surface area contributed by atoms with Crippen LogP contribution in [0.2, 0.25) is 0 Å². The molecule has 0 radical (unpaired) electrons. The predicted octanol–water partition coefficient (Wildman–Crippen LogP) is 9.25. The van der Waals surface area contributed by atoms with Crippen molar-refractivity contribution in [2.24, 2.45) is 11.8 Å². The van der Waals surface area contributed by atoms with Gasteiger partial charge in [-0.1, -0.05) is 60.7 Å². The van der Waals surface area contributed by atoms with Crippen molar-refractivity contribution in [1.82, 2.24) is 10.6 Å². The van der Waals surface area contributed by atoms with Crippen molar-refractivity contribution < 1.29 is 71.9 Å². The highest BCUT2D eigenvalue weighted by Crippen LogP contribution is 2.48. The molecule has 6 atom stereocenters. The van der Waals surface area contributed by atoms with E-state index in [0.717, 1.165) is 24.2 Å². The van der Waals surface area contributed by atoms with Crippen molar-refractivity contribution in [3.63, 3.8) is 0 Å². The number of nitriles is 2. The number of hydrogen-bond acceptors (Lipinski definition) is 10. The molecular formula is C44H34F12N6O4. The molecule has 0 amide bonds. The van der Waals surface area contributed by atoms with Gasteiger partial charge in [0, 0.05) is 35.3 Å². The number of Topliss-reactive ketones (excluding diaryl/α,β-unsaturated/α-hetero) is 4. The minimum atomic E-state index is -5.77. The molecule has 0 spiro atoms. The minimum absolute atomic E-state index is 0.313. The molecule has 0 bridgehead atoms. The van der Waals surface area contributed by atoms with E-state index in [2.05, 4.69) is 106 Å². The molecule has 4 aliphatic heterocycles. The average molecular weight is 939 g/mol. The van der Waals surface area contributed by atoms with E-state index in [1.54, 1.807) is 0 Å². The first kappa shape index (κ1) is 50.2. The highest BCUT2D eigenvalue weighted by Gasteiger charge is 2.55. The Morgan fingerprint density at radius 1 is 0.439 bits per heavy atom. The molecule has 4 N–H and O–H groups in total. The van der Waals surface area contributed by atoms with E-state index in [-0.39, 0.29) is 0 Å². The van der Waals surface area contributed by atoms with Gasteiger partial charge in [0.05, 0.1) is 35.3 Å².